The highest BCUT2D eigenvalue weighted by molar-refractivity contribution is 6.30. The van der Waals surface area contributed by atoms with Crippen molar-refractivity contribution in [2.24, 2.45) is 0 Å². The number of hydrogen-bond acceptors (Lipinski definition) is 4. The van der Waals surface area contributed by atoms with Gasteiger partial charge >= 0.3 is 0 Å². The van der Waals surface area contributed by atoms with Crippen LogP contribution in [0.2, 0.25) is 5.02 Å². The zero-order valence-electron chi connectivity index (χ0n) is 7.38. The number of nitrogen functional groups attached to an aromatic ring is 1. The second-order valence-electron chi connectivity index (χ2n) is 2.51. The van der Waals surface area contributed by atoms with Crippen LogP contribution in [0, 0.1) is 0 Å². The monoisotopic (exact) mass is 201 g/mol. The Kier molecular flexibility index (Phi) is 3.79. The predicted octanol–water partition coefficient (Wildman–Crippen LogP) is 1.38. The summed E-state index contributed by atoms with van der Waals surface area (Å²) in [6.07, 6.45) is 1.55. The molecule has 1 rings (SSSR count). The van der Waals surface area contributed by atoms with Crippen LogP contribution in [0.4, 0.5) is 11.5 Å². The largest absolute Gasteiger partial charge is 0.396 e. The van der Waals surface area contributed by atoms with E-state index in [1.807, 2.05) is 0 Å². The third kappa shape index (κ3) is 3.08. The molecule has 0 amide bonds. The number of anilines is 2. The molecule has 0 fully saturated rings. The number of halogens is 1. The third-order valence-electron chi connectivity index (χ3n) is 1.48. The Morgan fingerprint density at radius 1 is 1.69 bits per heavy atom. The van der Waals surface area contributed by atoms with Gasteiger partial charge in [-0.3, -0.25) is 0 Å². The minimum atomic E-state index is 0.537. The van der Waals surface area contributed by atoms with Crippen LogP contribution in [0.3, 0.4) is 0 Å². The number of nitrogens with two attached hydrogens (primary N) is 1. The van der Waals surface area contributed by atoms with E-state index in [-0.39, 0.29) is 0 Å². The molecule has 0 spiro atoms. The summed E-state index contributed by atoms with van der Waals surface area (Å²) >= 11 is 5.68. The standard InChI is InChI=1S/C8H12ClN3O/c1-13-3-2-11-8-7(10)4-6(9)5-12-8/h4-5H,2-3,10H2,1H3,(H,11,12). The highest BCUT2D eigenvalue weighted by atomic mass is 35.5. The van der Waals surface area contributed by atoms with Gasteiger partial charge in [0.2, 0.25) is 0 Å². The molecule has 0 atom stereocenters. The molecule has 3 N–H and O–H groups in total. The van der Waals surface area contributed by atoms with E-state index in [1.165, 1.54) is 0 Å². The molecule has 4 nitrogen and oxygen atoms in total. The topological polar surface area (TPSA) is 60.2 Å². The maximum Gasteiger partial charge on any atom is 0.149 e. The predicted molar refractivity (Wildman–Crippen MR) is 54.0 cm³/mol. The number of hydrogen-bond donors (Lipinski definition) is 2. The second kappa shape index (κ2) is 4.89. The molecule has 0 aliphatic heterocycles. The Morgan fingerprint density at radius 3 is 3.08 bits per heavy atom. The summed E-state index contributed by atoms with van der Waals surface area (Å²) in [5, 5.41) is 3.56. The van der Waals surface area contributed by atoms with Gasteiger partial charge in [-0.05, 0) is 6.07 Å². The van der Waals surface area contributed by atoms with Crippen LogP contribution >= 0.6 is 11.6 Å². The Bertz CT molecular complexity index is 280. The molecular weight excluding hydrogens is 190 g/mol. The van der Waals surface area contributed by atoms with E-state index in [1.54, 1.807) is 19.4 Å². The number of ether oxygens (including phenoxy) is 1. The SMILES string of the molecule is COCCNc1ncc(Cl)cc1N. The van der Waals surface area contributed by atoms with E-state index in [9.17, 15) is 0 Å². The Balaban J connectivity index is 2.56. The van der Waals surface area contributed by atoms with Crippen molar-refractivity contribution >= 4 is 23.1 Å². The maximum atomic E-state index is 5.68. The Morgan fingerprint density at radius 2 is 2.46 bits per heavy atom. The van der Waals surface area contributed by atoms with E-state index in [0.29, 0.717) is 29.7 Å². The molecule has 13 heavy (non-hydrogen) atoms. The van der Waals surface area contributed by atoms with Crippen LogP contribution in [0.1, 0.15) is 0 Å². The smallest absolute Gasteiger partial charge is 0.149 e. The van der Waals surface area contributed by atoms with Crippen molar-refractivity contribution in [2.45, 2.75) is 0 Å². The normalized spacial score (nSPS) is 10.0. The fourth-order valence-corrected chi connectivity index (χ4v) is 1.04. The van der Waals surface area contributed by atoms with Crippen LogP contribution < -0.4 is 11.1 Å². The van der Waals surface area contributed by atoms with Crippen molar-refractivity contribution < 1.29 is 4.74 Å². The quantitative estimate of drug-likeness (QED) is 0.723. The molecule has 1 heterocycles. The van der Waals surface area contributed by atoms with Crippen molar-refractivity contribution in [3.05, 3.63) is 17.3 Å². The first-order valence-electron chi connectivity index (χ1n) is 3.88. The van der Waals surface area contributed by atoms with E-state index in [4.69, 9.17) is 22.1 Å². The molecule has 0 aliphatic carbocycles. The van der Waals surface area contributed by atoms with E-state index < -0.39 is 0 Å². The summed E-state index contributed by atoms with van der Waals surface area (Å²) in [5.74, 6) is 0.640. The highest BCUT2D eigenvalue weighted by Gasteiger charge is 1.99. The van der Waals surface area contributed by atoms with Gasteiger partial charge in [-0.2, -0.15) is 0 Å². The second-order valence-corrected chi connectivity index (χ2v) is 2.95. The third-order valence-corrected chi connectivity index (χ3v) is 1.69. The summed E-state index contributed by atoms with van der Waals surface area (Å²) in [4.78, 5) is 4.03. The lowest BCUT2D eigenvalue weighted by Crippen LogP contribution is -2.10. The first-order valence-corrected chi connectivity index (χ1v) is 4.25. The van der Waals surface area contributed by atoms with Gasteiger partial charge in [-0.25, -0.2) is 4.98 Å². The van der Waals surface area contributed by atoms with Crippen molar-refractivity contribution in [3.63, 3.8) is 0 Å². The van der Waals surface area contributed by atoms with Crippen molar-refractivity contribution in [1.82, 2.24) is 4.98 Å². The van der Waals surface area contributed by atoms with Crippen LogP contribution in [-0.2, 0) is 4.74 Å². The van der Waals surface area contributed by atoms with Crippen molar-refractivity contribution in [2.75, 3.05) is 31.3 Å². The molecule has 0 bridgehead atoms. The fraction of sp³-hybridized carbons (Fsp3) is 0.375. The molecule has 0 aliphatic rings. The van der Waals surface area contributed by atoms with Gasteiger partial charge in [0.1, 0.15) is 5.82 Å². The lowest BCUT2D eigenvalue weighted by molar-refractivity contribution is 0.210. The first kappa shape index (κ1) is 10.1. The number of pyridine rings is 1. The molecule has 1 aromatic rings. The van der Waals surface area contributed by atoms with Gasteiger partial charge in [0.15, 0.2) is 0 Å². The van der Waals surface area contributed by atoms with Crippen molar-refractivity contribution in [3.8, 4) is 0 Å². The summed E-state index contributed by atoms with van der Waals surface area (Å²) < 4.78 is 4.87. The molecule has 0 unspecified atom stereocenters. The molecule has 0 radical (unpaired) electrons. The van der Waals surface area contributed by atoms with Crippen LogP contribution in [0.5, 0.6) is 0 Å². The molecule has 0 saturated heterocycles. The number of nitrogens with one attached hydrogen (secondary N) is 1. The lowest BCUT2D eigenvalue weighted by atomic mass is 10.4. The average molecular weight is 202 g/mol. The zero-order chi connectivity index (χ0) is 9.68. The maximum absolute atomic E-state index is 5.68. The van der Waals surface area contributed by atoms with E-state index >= 15 is 0 Å². The molecular formula is C8H12ClN3O. The van der Waals surface area contributed by atoms with Crippen LogP contribution in [-0.4, -0.2) is 25.2 Å². The number of nitrogens with zero attached hydrogens (tertiary/aromatic N) is 1. The summed E-state index contributed by atoms with van der Waals surface area (Å²) in [5.41, 5.74) is 6.20. The Labute approximate surface area is 82.1 Å². The van der Waals surface area contributed by atoms with Crippen molar-refractivity contribution in [1.29, 1.82) is 0 Å². The van der Waals surface area contributed by atoms with Gasteiger partial charge in [-0.15, -0.1) is 0 Å². The van der Waals surface area contributed by atoms with Gasteiger partial charge in [0, 0.05) is 19.9 Å². The van der Waals surface area contributed by atoms with Crippen LogP contribution in [0.15, 0.2) is 12.3 Å². The number of rotatable bonds is 4. The molecule has 0 saturated carbocycles. The van der Waals surface area contributed by atoms with E-state index in [0.717, 1.165) is 0 Å². The van der Waals surface area contributed by atoms with Gasteiger partial charge in [0.25, 0.3) is 0 Å². The summed E-state index contributed by atoms with van der Waals surface area (Å²) in [6.45, 7) is 1.29. The number of methoxy groups -OCH3 is 1. The molecule has 1 aromatic heterocycles. The van der Waals surface area contributed by atoms with Crippen LogP contribution in [0.25, 0.3) is 0 Å². The first-order chi connectivity index (χ1) is 6.24. The lowest BCUT2D eigenvalue weighted by Gasteiger charge is -2.07. The molecule has 72 valence electrons. The number of aromatic nitrogens is 1. The minimum absolute atomic E-state index is 0.537. The van der Waals surface area contributed by atoms with Gasteiger partial charge in [-0.1, -0.05) is 11.6 Å². The fourth-order valence-electron chi connectivity index (χ4n) is 0.874. The Hall–Kier alpha value is -1.00. The molecule has 5 heteroatoms. The minimum Gasteiger partial charge on any atom is -0.396 e. The van der Waals surface area contributed by atoms with E-state index in [2.05, 4.69) is 10.3 Å². The molecule has 0 aromatic carbocycles. The van der Waals surface area contributed by atoms with Gasteiger partial charge in [0.05, 0.1) is 17.3 Å². The average Bonchev–Trinajstić information content (AvgIpc) is 2.09. The zero-order valence-corrected chi connectivity index (χ0v) is 8.14. The summed E-state index contributed by atoms with van der Waals surface area (Å²) in [7, 11) is 1.64. The van der Waals surface area contributed by atoms with Gasteiger partial charge < -0.3 is 15.8 Å². The summed E-state index contributed by atoms with van der Waals surface area (Å²) in [6, 6.07) is 1.66. The highest BCUT2D eigenvalue weighted by Crippen LogP contribution is 2.18.